The van der Waals surface area contributed by atoms with Gasteiger partial charge in [-0.05, 0) is 12.1 Å². The van der Waals surface area contributed by atoms with E-state index in [-0.39, 0.29) is 6.54 Å². The zero-order valence-electron chi connectivity index (χ0n) is 9.19. The molecule has 2 heterocycles. The van der Waals surface area contributed by atoms with Gasteiger partial charge in [0.25, 0.3) is 0 Å². The third-order valence-corrected chi connectivity index (χ3v) is 2.84. The van der Waals surface area contributed by atoms with Gasteiger partial charge in [-0.1, -0.05) is 0 Å². The molecule has 17 heavy (non-hydrogen) atoms. The van der Waals surface area contributed by atoms with Crippen LogP contribution in [0, 0.1) is 0 Å². The minimum absolute atomic E-state index is 0.282. The fourth-order valence-corrected chi connectivity index (χ4v) is 2.15. The highest BCUT2D eigenvalue weighted by atomic mass is 16.5. The summed E-state index contributed by atoms with van der Waals surface area (Å²) in [4.78, 5) is 0. The molecule has 0 amide bonds. The van der Waals surface area contributed by atoms with Crippen LogP contribution in [0.4, 0.5) is 0 Å². The van der Waals surface area contributed by atoms with E-state index < -0.39 is 0 Å². The number of ether oxygens (including phenoxy) is 1. The van der Waals surface area contributed by atoms with Gasteiger partial charge in [0.15, 0.2) is 11.3 Å². The van der Waals surface area contributed by atoms with Gasteiger partial charge in [-0.3, -0.25) is 0 Å². The zero-order valence-corrected chi connectivity index (χ0v) is 9.19. The highest BCUT2D eigenvalue weighted by Crippen LogP contribution is 2.39. The summed E-state index contributed by atoms with van der Waals surface area (Å²) >= 11 is 0. The largest absolute Gasteiger partial charge is 0.492 e. The fourth-order valence-electron chi connectivity index (χ4n) is 2.15. The van der Waals surface area contributed by atoms with Crippen LogP contribution in [-0.2, 0) is 6.54 Å². The number of furan rings is 2. The summed E-state index contributed by atoms with van der Waals surface area (Å²) < 4.78 is 16.2. The minimum atomic E-state index is 0.282. The fraction of sp³-hybridized carbons (Fsp3) is 0.167. The van der Waals surface area contributed by atoms with Crippen molar-refractivity contribution in [2.45, 2.75) is 6.54 Å². The first kappa shape index (κ1) is 10.2. The van der Waals surface area contributed by atoms with Gasteiger partial charge in [-0.25, -0.2) is 5.48 Å². The number of hydrogen-bond acceptors (Lipinski definition) is 5. The van der Waals surface area contributed by atoms with Crippen LogP contribution in [0.2, 0.25) is 0 Å². The number of nitrogens with one attached hydrogen (secondary N) is 1. The van der Waals surface area contributed by atoms with E-state index in [2.05, 4.69) is 5.48 Å². The Hall–Kier alpha value is -1.98. The predicted molar refractivity (Wildman–Crippen MR) is 61.2 cm³/mol. The lowest BCUT2D eigenvalue weighted by atomic mass is 10.1. The second-order valence-corrected chi connectivity index (χ2v) is 3.67. The van der Waals surface area contributed by atoms with Gasteiger partial charge in [0.1, 0.15) is 5.58 Å². The molecular weight excluding hydrogens is 222 g/mol. The molecule has 0 fully saturated rings. The summed E-state index contributed by atoms with van der Waals surface area (Å²) in [6.07, 6.45) is 3.18. The van der Waals surface area contributed by atoms with Crippen molar-refractivity contribution in [3.05, 3.63) is 30.2 Å². The Balaban J connectivity index is 2.48. The maximum absolute atomic E-state index is 8.89. The lowest BCUT2D eigenvalue weighted by Gasteiger charge is -2.07. The molecule has 3 rings (SSSR count). The van der Waals surface area contributed by atoms with Crippen molar-refractivity contribution in [3.8, 4) is 5.75 Å². The minimum Gasteiger partial charge on any atom is -0.492 e. The smallest absolute Gasteiger partial charge is 0.176 e. The van der Waals surface area contributed by atoms with Crippen molar-refractivity contribution in [2.24, 2.45) is 0 Å². The van der Waals surface area contributed by atoms with E-state index in [0.29, 0.717) is 16.9 Å². The normalized spacial score (nSPS) is 11.4. The van der Waals surface area contributed by atoms with Gasteiger partial charge >= 0.3 is 0 Å². The summed E-state index contributed by atoms with van der Waals surface area (Å²) in [7, 11) is 1.59. The third kappa shape index (κ3) is 1.33. The van der Waals surface area contributed by atoms with Crippen molar-refractivity contribution in [3.63, 3.8) is 0 Å². The quantitative estimate of drug-likeness (QED) is 0.681. The third-order valence-electron chi connectivity index (χ3n) is 2.84. The van der Waals surface area contributed by atoms with Crippen LogP contribution in [-0.4, -0.2) is 12.3 Å². The Kier molecular flexibility index (Phi) is 2.28. The average Bonchev–Trinajstić information content (AvgIpc) is 2.96. The van der Waals surface area contributed by atoms with Gasteiger partial charge < -0.3 is 18.8 Å². The Labute approximate surface area is 96.5 Å². The highest BCUT2D eigenvalue weighted by molar-refractivity contribution is 6.04. The van der Waals surface area contributed by atoms with Crippen molar-refractivity contribution in [1.82, 2.24) is 5.48 Å². The van der Waals surface area contributed by atoms with Crippen LogP contribution in [0.3, 0.4) is 0 Å². The maximum atomic E-state index is 8.89. The summed E-state index contributed by atoms with van der Waals surface area (Å²) in [5, 5.41) is 10.6. The zero-order chi connectivity index (χ0) is 11.8. The Morgan fingerprint density at radius 3 is 2.59 bits per heavy atom. The molecule has 2 aromatic heterocycles. The number of hydrogen-bond donors (Lipinski definition) is 2. The predicted octanol–water partition coefficient (Wildman–Crippen LogP) is 2.67. The molecular formula is C12H11NO4. The highest BCUT2D eigenvalue weighted by Gasteiger charge is 2.18. The van der Waals surface area contributed by atoms with Gasteiger partial charge in [-0.2, -0.15) is 0 Å². The molecule has 0 aliphatic carbocycles. The van der Waals surface area contributed by atoms with Crippen LogP contribution in [0.5, 0.6) is 5.75 Å². The molecule has 0 spiro atoms. The lowest BCUT2D eigenvalue weighted by Crippen LogP contribution is -2.06. The van der Waals surface area contributed by atoms with Gasteiger partial charge in [0.05, 0.1) is 31.6 Å². The molecule has 88 valence electrons. The summed E-state index contributed by atoms with van der Waals surface area (Å²) in [6, 6.07) is 3.64. The first-order valence-electron chi connectivity index (χ1n) is 5.17. The second-order valence-electron chi connectivity index (χ2n) is 3.67. The summed E-state index contributed by atoms with van der Waals surface area (Å²) in [5.74, 6) is 0.649. The Bertz CT molecular complexity index is 616. The van der Waals surface area contributed by atoms with Crippen LogP contribution in [0.15, 0.2) is 33.5 Å². The van der Waals surface area contributed by atoms with E-state index >= 15 is 0 Å². The van der Waals surface area contributed by atoms with E-state index in [1.165, 1.54) is 0 Å². The monoisotopic (exact) mass is 233 g/mol. The first-order valence-corrected chi connectivity index (χ1v) is 5.17. The Morgan fingerprint density at radius 1 is 1.18 bits per heavy atom. The molecule has 1 aromatic carbocycles. The number of methoxy groups -OCH3 is 1. The number of hydroxylamine groups is 1. The molecule has 5 heteroatoms. The molecule has 0 radical (unpaired) electrons. The molecule has 0 saturated carbocycles. The number of fused-ring (bicyclic) bond motifs is 2. The topological polar surface area (TPSA) is 67.8 Å². The van der Waals surface area contributed by atoms with E-state index in [9.17, 15) is 0 Å². The van der Waals surface area contributed by atoms with E-state index in [1.54, 1.807) is 19.6 Å². The number of benzene rings is 1. The van der Waals surface area contributed by atoms with Crippen LogP contribution in [0.25, 0.3) is 21.9 Å². The first-order chi connectivity index (χ1) is 8.36. The molecule has 0 saturated heterocycles. The van der Waals surface area contributed by atoms with Crippen molar-refractivity contribution >= 4 is 21.9 Å². The molecule has 0 aliphatic rings. The molecule has 0 bridgehead atoms. The van der Waals surface area contributed by atoms with Gasteiger partial charge in [0, 0.05) is 10.9 Å². The maximum Gasteiger partial charge on any atom is 0.176 e. The Morgan fingerprint density at radius 2 is 1.88 bits per heavy atom. The van der Waals surface area contributed by atoms with Crippen molar-refractivity contribution < 1.29 is 18.8 Å². The van der Waals surface area contributed by atoms with E-state index in [4.69, 9.17) is 18.8 Å². The molecule has 3 aromatic rings. The standard InChI is InChI=1S/C12H11NO4/c1-15-11-8-3-5-16-10(8)9(6-13-14)7-2-4-17-12(7)11/h2-5,13-14H,6H2,1H3. The molecule has 0 aliphatic heterocycles. The van der Waals surface area contributed by atoms with Gasteiger partial charge in [0.2, 0.25) is 0 Å². The lowest BCUT2D eigenvalue weighted by molar-refractivity contribution is 0.161. The molecule has 0 atom stereocenters. The summed E-state index contributed by atoms with van der Waals surface area (Å²) in [6.45, 7) is 0.282. The molecule has 0 unspecified atom stereocenters. The average molecular weight is 233 g/mol. The van der Waals surface area contributed by atoms with Crippen LogP contribution < -0.4 is 10.2 Å². The number of rotatable bonds is 3. The molecule has 5 nitrogen and oxygen atoms in total. The second kappa shape index (κ2) is 3.80. The van der Waals surface area contributed by atoms with Crippen molar-refractivity contribution in [1.29, 1.82) is 0 Å². The molecule has 2 N–H and O–H groups in total. The van der Waals surface area contributed by atoms with E-state index in [1.807, 2.05) is 12.1 Å². The van der Waals surface area contributed by atoms with Crippen molar-refractivity contribution in [2.75, 3.05) is 7.11 Å². The van der Waals surface area contributed by atoms with Crippen LogP contribution in [0.1, 0.15) is 5.56 Å². The SMILES string of the molecule is COc1c2ccoc2c(CNO)c2ccoc12. The van der Waals surface area contributed by atoms with E-state index in [0.717, 1.165) is 16.3 Å². The summed E-state index contributed by atoms with van der Waals surface area (Å²) in [5.41, 5.74) is 4.34. The van der Waals surface area contributed by atoms with Gasteiger partial charge in [-0.15, -0.1) is 0 Å². The van der Waals surface area contributed by atoms with Crippen LogP contribution >= 0.6 is 0 Å².